The van der Waals surface area contributed by atoms with Gasteiger partial charge in [-0.05, 0) is 61.2 Å². The molecule has 0 unspecified atom stereocenters. The van der Waals surface area contributed by atoms with E-state index in [1.165, 1.54) is 17.7 Å². The standard InChI is InChI=1S/C19H23NO5.ClH/c1-12-3-5-15(9-13(12)2)24-7-8-25-19(23)16(20)10-14-4-6-17(21)18(22)11-14;/h3-6,9,11,16,21-22H,7-8,10,20H2,1-2H3;1H/t16-;/m0./s1. The second kappa shape index (κ2) is 9.89. The SMILES string of the molecule is Cc1ccc(OCCOC(=O)[C@@H](N)Cc2ccc(O)c(O)c2)cc1C.Cl. The van der Waals surface area contributed by atoms with Crippen LogP contribution in [0.4, 0.5) is 0 Å². The molecule has 0 aliphatic heterocycles. The predicted octanol–water partition coefficient (Wildman–Crippen LogP) is 2.63. The van der Waals surface area contributed by atoms with Crippen LogP contribution in [0, 0.1) is 13.8 Å². The van der Waals surface area contributed by atoms with E-state index < -0.39 is 12.0 Å². The molecule has 0 radical (unpaired) electrons. The summed E-state index contributed by atoms with van der Waals surface area (Å²) >= 11 is 0. The summed E-state index contributed by atoms with van der Waals surface area (Å²) in [6.07, 6.45) is 0.199. The zero-order valence-corrected chi connectivity index (χ0v) is 15.6. The molecule has 0 fully saturated rings. The van der Waals surface area contributed by atoms with Crippen molar-refractivity contribution < 1.29 is 24.5 Å². The molecule has 0 spiro atoms. The van der Waals surface area contributed by atoms with Gasteiger partial charge in [-0.15, -0.1) is 12.4 Å². The van der Waals surface area contributed by atoms with Gasteiger partial charge in [0.15, 0.2) is 11.5 Å². The molecular weight excluding hydrogens is 358 g/mol. The van der Waals surface area contributed by atoms with Crippen LogP contribution in [-0.2, 0) is 16.0 Å². The van der Waals surface area contributed by atoms with Crippen LogP contribution in [0.25, 0.3) is 0 Å². The number of aromatic hydroxyl groups is 2. The highest BCUT2D eigenvalue weighted by molar-refractivity contribution is 5.85. The summed E-state index contributed by atoms with van der Waals surface area (Å²) in [4.78, 5) is 11.9. The molecule has 0 aliphatic rings. The van der Waals surface area contributed by atoms with Crippen molar-refractivity contribution in [3.63, 3.8) is 0 Å². The van der Waals surface area contributed by atoms with Crippen molar-refractivity contribution in [2.45, 2.75) is 26.3 Å². The van der Waals surface area contributed by atoms with Gasteiger partial charge in [-0.2, -0.15) is 0 Å². The number of hydrogen-bond acceptors (Lipinski definition) is 6. The summed E-state index contributed by atoms with van der Waals surface area (Å²) in [5.74, 6) is -0.289. The molecule has 2 aromatic rings. The Labute approximate surface area is 159 Å². The van der Waals surface area contributed by atoms with E-state index in [2.05, 4.69) is 0 Å². The fourth-order valence-electron chi connectivity index (χ4n) is 2.25. The van der Waals surface area contributed by atoms with Gasteiger partial charge in [-0.3, -0.25) is 4.79 Å². The first-order valence-electron chi connectivity index (χ1n) is 8.00. The lowest BCUT2D eigenvalue weighted by Gasteiger charge is -2.13. The number of phenolic OH excluding ortho intramolecular Hbond substituents is 2. The number of esters is 1. The van der Waals surface area contributed by atoms with Crippen molar-refractivity contribution in [2.24, 2.45) is 5.73 Å². The molecule has 0 saturated carbocycles. The molecule has 142 valence electrons. The van der Waals surface area contributed by atoms with Crippen LogP contribution in [0.5, 0.6) is 17.2 Å². The zero-order valence-electron chi connectivity index (χ0n) is 14.8. The summed E-state index contributed by atoms with van der Waals surface area (Å²) < 4.78 is 10.6. The van der Waals surface area contributed by atoms with E-state index in [0.29, 0.717) is 5.56 Å². The van der Waals surface area contributed by atoms with E-state index in [1.807, 2.05) is 32.0 Å². The molecule has 0 aromatic heterocycles. The van der Waals surface area contributed by atoms with Gasteiger partial charge in [0, 0.05) is 0 Å². The Morgan fingerprint density at radius 3 is 2.42 bits per heavy atom. The fraction of sp³-hybridized carbons (Fsp3) is 0.316. The highest BCUT2D eigenvalue weighted by Crippen LogP contribution is 2.25. The Balaban J connectivity index is 0.00000338. The van der Waals surface area contributed by atoms with Gasteiger partial charge in [0.05, 0.1) is 0 Å². The van der Waals surface area contributed by atoms with Crippen LogP contribution in [0.15, 0.2) is 36.4 Å². The van der Waals surface area contributed by atoms with Gasteiger partial charge in [-0.1, -0.05) is 12.1 Å². The van der Waals surface area contributed by atoms with E-state index in [9.17, 15) is 15.0 Å². The highest BCUT2D eigenvalue weighted by atomic mass is 35.5. The third-order valence-corrected chi connectivity index (χ3v) is 3.87. The minimum absolute atomic E-state index is 0. The fourth-order valence-corrected chi connectivity index (χ4v) is 2.25. The molecular formula is C19H24ClNO5. The minimum Gasteiger partial charge on any atom is -0.504 e. The average molecular weight is 382 g/mol. The Kier molecular flexibility index (Phi) is 8.22. The third-order valence-electron chi connectivity index (χ3n) is 3.87. The van der Waals surface area contributed by atoms with E-state index in [0.717, 1.165) is 11.3 Å². The largest absolute Gasteiger partial charge is 0.504 e. The highest BCUT2D eigenvalue weighted by Gasteiger charge is 2.16. The molecule has 1 atom stereocenters. The molecule has 0 heterocycles. The van der Waals surface area contributed by atoms with Crippen molar-refractivity contribution in [3.8, 4) is 17.2 Å². The molecule has 7 heteroatoms. The quantitative estimate of drug-likeness (QED) is 0.387. The van der Waals surface area contributed by atoms with Crippen molar-refractivity contribution in [3.05, 3.63) is 53.1 Å². The normalized spacial score (nSPS) is 11.3. The number of halogens is 1. The molecule has 0 aliphatic carbocycles. The Bertz CT molecular complexity index is 751. The van der Waals surface area contributed by atoms with Gasteiger partial charge in [0.1, 0.15) is 25.0 Å². The van der Waals surface area contributed by atoms with Crippen molar-refractivity contribution >= 4 is 18.4 Å². The van der Waals surface area contributed by atoms with Gasteiger partial charge < -0.3 is 25.4 Å². The van der Waals surface area contributed by atoms with Crippen LogP contribution >= 0.6 is 12.4 Å². The van der Waals surface area contributed by atoms with Crippen LogP contribution in [-0.4, -0.2) is 35.4 Å². The Morgan fingerprint density at radius 1 is 1.04 bits per heavy atom. The zero-order chi connectivity index (χ0) is 18.4. The molecule has 26 heavy (non-hydrogen) atoms. The summed E-state index contributed by atoms with van der Waals surface area (Å²) in [6, 6.07) is 9.22. The van der Waals surface area contributed by atoms with E-state index >= 15 is 0 Å². The third kappa shape index (κ3) is 6.13. The molecule has 0 saturated heterocycles. The second-order valence-electron chi connectivity index (χ2n) is 5.90. The number of benzene rings is 2. The van der Waals surface area contributed by atoms with Crippen molar-refractivity contribution in [1.29, 1.82) is 0 Å². The molecule has 0 bridgehead atoms. The first-order chi connectivity index (χ1) is 11.9. The lowest BCUT2D eigenvalue weighted by molar-refractivity contribution is -0.145. The first-order valence-corrected chi connectivity index (χ1v) is 8.00. The average Bonchev–Trinajstić information content (AvgIpc) is 2.58. The summed E-state index contributed by atoms with van der Waals surface area (Å²) in [5.41, 5.74) is 8.76. The van der Waals surface area contributed by atoms with Gasteiger partial charge in [0.2, 0.25) is 0 Å². The molecule has 0 amide bonds. The van der Waals surface area contributed by atoms with Gasteiger partial charge in [-0.25, -0.2) is 0 Å². The maximum Gasteiger partial charge on any atom is 0.323 e. The molecule has 2 aromatic carbocycles. The molecule has 2 rings (SSSR count). The lowest BCUT2D eigenvalue weighted by atomic mass is 10.1. The van der Waals surface area contributed by atoms with Crippen molar-refractivity contribution in [1.82, 2.24) is 0 Å². The lowest BCUT2D eigenvalue weighted by Crippen LogP contribution is -2.35. The van der Waals surface area contributed by atoms with Crippen LogP contribution in [0.3, 0.4) is 0 Å². The number of aryl methyl sites for hydroxylation is 2. The predicted molar refractivity (Wildman–Crippen MR) is 101 cm³/mol. The monoisotopic (exact) mass is 381 g/mol. The number of carbonyl (C=O) groups is 1. The topological polar surface area (TPSA) is 102 Å². The van der Waals surface area contributed by atoms with Crippen LogP contribution < -0.4 is 10.5 Å². The summed E-state index contributed by atoms with van der Waals surface area (Å²) in [6.45, 7) is 4.36. The van der Waals surface area contributed by atoms with Gasteiger partial charge in [0.25, 0.3) is 0 Å². The number of ether oxygens (including phenoxy) is 2. The number of nitrogens with two attached hydrogens (primary N) is 1. The Morgan fingerprint density at radius 2 is 1.77 bits per heavy atom. The second-order valence-corrected chi connectivity index (χ2v) is 5.90. The van der Waals surface area contributed by atoms with E-state index in [1.54, 1.807) is 6.07 Å². The molecule has 4 N–H and O–H groups in total. The van der Waals surface area contributed by atoms with E-state index in [4.69, 9.17) is 15.2 Å². The summed E-state index contributed by atoms with van der Waals surface area (Å²) in [7, 11) is 0. The van der Waals surface area contributed by atoms with Crippen LogP contribution in [0.2, 0.25) is 0 Å². The van der Waals surface area contributed by atoms with Gasteiger partial charge >= 0.3 is 5.97 Å². The number of hydrogen-bond donors (Lipinski definition) is 3. The number of phenols is 2. The van der Waals surface area contributed by atoms with Crippen LogP contribution in [0.1, 0.15) is 16.7 Å². The van der Waals surface area contributed by atoms with Crippen molar-refractivity contribution in [2.75, 3.05) is 13.2 Å². The smallest absolute Gasteiger partial charge is 0.323 e. The Hall–Kier alpha value is -2.44. The van der Waals surface area contributed by atoms with E-state index in [-0.39, 0.29) is 43.5 Å². The summed E-state index contributed by atoms with van der Waals surface area (Å²) in [5, 5.41) is 18.7. The minimum atomic E-state index is -0.856. The first kappa shape index (κ1) is 21.6. The number of carbonyl (C=O) groups excluding carboxylic acids is 1. The number of rotatable bonds is 7. The maximum atomic E-state index is 11.9. The maximum absolute atomic E-state index is 11.9. The molecule has 6 nitrogen and oxygen atoms in total.